The van der Waals surface area contributed by atoms with Gasteiger partial charge in [-0.15, -0.1) is 5.10 Å². The van der Waals surface area contributed by atoms with Crippen molar-refractivity contribution in [2.24, 2.45) is 0 Å². The van der Waals surface area contributed by atoms with Crippen LogP contribution in [0.15, 0.2) is 53.4 Å². The maximum absolute atomic E-state index is 5.30. The first-order valence-corrected chi connectivity index (χ1v) is 4.81. The van der Waals surface area contributed by atoms with Gasteiger partial charge in [-0.3, -0.25) is 0 Å². The molecule has 0 unspecified atom stereocenters. The zero-order valence-corrected chi connectivity index (χ0v) is 8.32. The van der Waals surface area contributed by atoms with E-state index in [1.165, 1.54) is 0 Å². The van der Waals surface area contributed by atoms with Gasteiger partial charge in [0.05, 0.1) is 12.0 Å². The molecule has 0 spiro atoms. The molecule has 0 aliphatic carbocycles. The van der Waals surface area contributed by atoms with Gasteiger partial charge < -0.3 is 4.42 Å². The molecule has 0 saturated heterocycles. The van der Waals surface area contributed by atoms with Crippen LogP contribution in [0.4, 0.5) is 0 Å². The highest BCUT2D eigenvalue weighted by Crippen LogP contribution is 2.20. The Balaban J connectivity index is 1.97. The Bertz CT molecular complexity index is 501. The van der Waals surface area contributed by atoms with Gasteiger partial charge in [-0.1, -0.05) is 0 Å². The lowest BCUT2D eigenvalue weighted by Gasteiger charge is -2.00. The molecule has 0 bridgehead atoms. The van der Waals surface area contributed by atoms with Gasteiger partial charge in [0, 0.05) is 5.56 Å². The number of nitrogens with zero attached hydrogens (tertiary/aromatic N) is 4. The van der Waals surface area contributed by atoms with Gasteiger partial charge >= 0.3 is 0 Å². The van der Waals surface area contributed by atoms with E-state index in [0.717, 1.165) is 17.0 Å². The number of aromatic nitrogens is 4. The first kappa shape index (κ1) is 8.84. The molecule has 3 aromatic rings. The SMILES string of the molecule is c1coc(-c2ccc(-n3cnnn3)cc2)c1. The van der Waals surface area contributed by atoms with Crippen molar-refractivity contribution >= 4 is 0 Å². The van der Waals surface area contributed by atoms with Crippen molar-refractivity contribution in [1.29, 1.82) is 0 Å². The Labute approximate surface area is 91.3 Å². The van der Waals surface area contributed by atoms with Crippen LogP contribution < -0.4 is 0 Å². The van der Waals surface area contributed by atoms with Gasteiger partial charge in [0.15, 0.2) is 0 Å². The molecule has 16 heavy (non-hydrogen) atoms. The zero-order chi connectivity index (χ0) is 10.8. The van der Waals surface area contributed by atoms with E-state index in [0.29, 0.717) is 0 Å². The first-order valence-electron chi connectivity index (χ1n) is 4.81. The highest BCUT2D eigenvalue weighted by Gasteiger charge is 2.01. The van der Waals surface area contributed by atoms with Crippen LogP contribution in [-0.2, 0) is 0 Å². The molecule has 5 nitrogen and oxygen atoms in total. The smallest absolute Gasteiger partial charge is 0.143 e. The van der Waals surface area contributed by atoms with E-state index in [1.807, 2.05) is 36.4 Å². The third-order valence-electron chi connectivity index (χ3n) is 2.29. The van der Waals surface area contributed by atoms with Crippen molar-refractivity contribution in [2.45, 2.75) is 0 Å². The zero-order valence-electron chi connectivity index (χ0n) is 8.32. The third-order valence-corrected chi connectivity index (χ3v) is 2.29. The minimum absolute atomic E-state index is 0.850. The van der Waals surface area contributed by atoms with E-state index in [4.69, 9.17) is 4.42 Å². The monoisotopic (exact) mass is 212 g/mol. The van der Waals surface area contributed by atoms with Crippen LogP contribution in [0.2, 0.25) is 0 Å². The van der Waals surface area contributed by atoms with Gasteiger partial charge in [0.1, 0.15) is 12.1 Å². The standard InChI is InChI=1S/C11H8N4O/c1-2-11(16-7-1)9-3-5-10(6-4-9)15-8-12-13-14-15/h1-8H. The molecule has 78 valence electrons. The minimum atomic E-state index is 0.850. The summed E-state index contributed by atoms with van der Waals surface area (Å²) in [6.07, 6.45) is 3.21. The van der Waals surface area contributed by atoms with Gasteiger partial charge in [-0.05, 0) is 46.8 Å². The first-order chi connectivity index (χ1) is 7.93. The van der Waals surface area contributed by atoms with E-state index < -0.39 is 0 Å². The second-order valence-corrected chi connectivity index (χ2v) is 3.28. The lowest BCUT2D eigenvalue weighted by Crippen LogP contribution is -1.94. The minimum Gasteiger partial charge on any atom is -0.464 e. The number of tetrazole rings is 1. The molecule has 5 heteroatoms. The maximum Gasteiger partial charge on any atom is 0.143 e. The largest absolute Gasteiger partial charge is 0.464 e. The molecular weight excluding hydrogens is 204 g/mol. The van der Waals surface area contributed by atoms with Crippen molar-refractivity contribution in [3.63, 3.8) is 0 Å². The average Bonchev–Trinajstić information content (AvgIpc) is 3.03. The molecule has 0 aliphatic heterocycles. The summed E-state index contributed by atoms with van der Waals surface area (Å²) in [5, 5.41) is 11.0. The number of rotatable bonds is 2. The normalized spacial score (nSPS) is 10.5. The van der Waals surface area contributed by atoms with Crippen LogP contribution in [0.1, 0.15) is 0 Å². The Morgan fingerprint density at radius 2 is 1.94 bits per heavy atom. The summed E-state index contributed by atoms with van der Waals surface area (Å²) in [6, 6.07) is 11.6. The van der Waals surface area contributed by atoms with Crippen molar-refractivity contribution in [2.75, 3.05) is 0 Å². The number of hydrogen-bond donors (Lipinski definition) is 0. The van der Waals surface area contributed by atoms with Gasteiger partial charge in [0.2, 0.25) is 0 Å². The van der Waals surface area contributed by atoms with Crippen LogP contribution in [0.3, 0.4) is 0 Å². The molecule has 2 heterocycles. The second-order valence-electron chi connectivity index (χ2n) is 3.28. The number of hydrogen-bond acceptors (Lipinski definition) is 4. The van der Waals surface area contributed by atoms with E-state index in [-0.39, 0.29) is 0 Å². The summed E-state index contributed by atoms with van der Waals surface area (Å²) in [5.74, 6) is 0.850. The molecule has 2 aromatic heterocycles. The Morgan fingerprint density at radius 3 is 2.56 bits per heavy atom. The fraction of sp³-hybridized carbons (Fsp3) is 0. The lowest BCUT2D eigenvalue weighted by molar-refractivity contribution is 0.582. The molecule has 0 atom stereocenters. The van der Waals surface area contributed by atoms with E-state index in [9.17, 15) is 0 Å². The van der Waals surface area contributed by atoms with Gasteiger partial charge in [-0.25, -0.2) is 4.68 Å². The van der Waals surface area contributed by atoms with Gasteiger partial charge in [-0.2, -0.15) is 0 Å². The molecule has 0 N–H and O–H groups in total. The second kappa shape index (κ2) is 3.62. The van der Waals surface area contributed by atoms with Crippen LogP contribution in [0.5, 0.6) is 0 Å². The number of furan rings is 1. The Morgan fingerprint density at radius 1 is 1.06 bits per heavy atom. The molecular formula is C11H8N4O. The molecule has 1 aromatic carbocycles. The molecule has 0 amide bonds. The fourth-order valence-corrected chi connectivity index (χ4v) is 1.50. The molecule has 0 saturated carbocycles. The number of benzene rings is 1. The Hall–Kier alpha value is -2.43. The van der Waals surface area contributed by atoms with E-state index >= 15 is 0 Å². The Kier molecular flexibility index (Phi) is 2.00. The average molecular weight is 212 g/mol. The summed E-state index contributed by atoms with van der Waals surface area (Å²) in [7, 11) is 0. The van der Waals surface area contributed by atoms with Crippen molar-refractivity contribution in [1.82, 2.24) is 20.2 Å². The van der Waals surface area contributed by atoms with Crippen LogP contribution in [-0.4, -0.2) is 20.2 Å². The van der Waals surface area contributed by atoms with Crippen molar-refractivity contribution in [3.05, 3.63) is 49.0 Å². The summed E-state index contributed by atoms with van der Waals surface area (Å²) in [6.45, 7) is 0. The summed E-state index contributed by atoms with van der Waals surface area (Å²) in [5.41, 5.74) is 1.95. The van der Waals surface area contributed by atoms with E-state index in [2.05, 4.69) is 15.5 Å². The van der Waals surface area contributed by atoms with Crippen LogP contribution >= 0.6 is 0 Å². The lowest BCUT2D eigenvalue weighted by atomic mass is 10.1. The molecule has 3 rings (SSSR count). The summed E-state index contributed by atoms with van der Waals surface area (Å²) < 4.78 is 6.91. The highest BCUT2D eigenvalue weighted by molar-refractivity contribution is 5.58. The predicted molar refractivity (Wildman–Crippen MR) is 56.9 cm³/mol. The van der Waals surface area contributed by atoms with Gasteiger partial charge in [0.25, 0.3) is 0 Å². The predicted octanol–water partition coefficient (Wildman–Crippen LogP) is 1.92. The van der Waals surface area contributed by atoms with Crippen LogP contribution in [0, 0.1) is 0 Å². The summed E-state index contributed by atoms with van der Waals surface area (Å²) in [4.78, 5) is 0. The maximum atomic E-state index is 5.30. The van der Waals surface area contributed by atoms with Crippen molar-refractivity contribution in [3.8, 4) is 17.0 Å². The molecule has 0 radical (unpaired) electrons. The molecule has 0 aliphatic rings. The third kappa shape index (κ3) is 1.48. The van der Waals surface area contributed by atoms with E-state index in [1.54, 1.807) is 17.3 Å². The quantitative estimate of drug-likeness (QED) is 0.651. The highest BCUT2D eigenvalue weighted by atomic mass is 16.3. The fourth-order valence-electron chi connectivity index (χ4n) is 1.50. The topological polar surface area (TPSA) is 56.7 Å². The van der Waals surface area contributed by atoms with Crippen molar-refractivity contribution < 1.29 is 4.42 Å². The van der Waals surface area contributed by atoms with Crippen LogP contribution in [0.25, 0.3) is 17.0 Å². The molecule has 0 fully saturated rings. The summed E-state index contributed by atoms with van der Waals surface area (Å²) >= 11 is 0.